The number of carboxylic acids is 1. The fraction of sp³-hybridized carbons (Fsp3) is 0.841. The monoisotopic (exact) mass is 842 g/mol. The van der Waals surface area contributed by atoms with Crippen LogP contribution in [0.25, 0.3) is 0 Å². The van der Waals surface area contributed by atoms with Crippen LogP contribution in [-0.4, -0.2) is 117 Å². The van der Waals surface area contributed by atoms with Crippen LogP contribution in [0.4, 0.5) is 0 Å². The SMILES string of the molecule is C=C1[C@@H](O)[C@@H]2O[C@]3(CC[C@H](/C=C/[C@@H](C)[C@@H]4CC(C)=C[C@@]5(O[C@H](C[C@@](C)(O)C(=O)[O-])CC[C@H]5O)O4)O3)CC[C@H]2O[C@@H]1[C@@H](O)C[C@H](C)[C@H]1O[C@@]2(CCCCO2)CC[C@H]1C.[K+]. The summed E-state index contributed by atoms with van der Waals surface area (Å²) in [5, 5.41) is 56.0. The molecule has 0 unspecified atom stereocenters. The van der Waals surface area contributed by atoms with Crippen molar-refractivity contribution in [3.63, 3.8) is 0 Å². The largest absolute Gasteiger partial charge is 1.00 e. The van der Waals surface area contributed by atoms with Crippen molar-refractivity contribution in [2.24, 2.45) is 17.8 Å². The van der Waals surface area contributed by atoms with Crippen molar-refractivity contribution in [3.8, 4) is 0 Å². The summed E-state index contributed by atoms with van der Waals surface area (Å²) in [5.74, 6) is -4.11. The summed E-state index contributed by atoms with van der Waals surface area (Å²) >= 11 is 0. The predicted octanol–water partition coefficient (Wildman–Crippen LogP) is 0.883. The second kappa shape index (κ2) is 18.9. The van der Waals surface area contributed by atoms with E-state index in [2.05, 4.69) is 20.4 Å². The molecule has 7 heterocycles. The number of ether oxygens (including phenoxy) is 7. The number of hydrogen-bond donors (Lipinski definition) is 4. The molecule has 14 heteroatoms. The van der Waals surface area contributed by atoms with Crippen LogP contribution in [0.5, 0.6) is 0 Å². The Hall–Kier alpha value is -0.114. The number of carbonyl (C=O) groups excluding carboxylic acids is 1. The zero-order valence-electron chi connectivity index (χ0n) is 35.5. The van der Waals surface area contributed by atoms with E-state index in [4.69, 9.17) is 33.2 Å². The summed E-state index contributed by atoms with van der Waals surface area (Å²) in [6.45, 7) is 14.4. The maximum atomic E-state index is 11.5. The number of aliphatic carboxylic acids is 1. The molecule has 4 N–H and O–H groups in total. The van der Waals surface area contributed by atoms with E-state index in [1.165, 1.54) is 6.92 Å². The van der Waals surface area contributed by atoms with E-state index in [9.17, 15) is 30.3 Å². The van der Waals surface area contributed by atoms with Crippen molar-refractivity contribution in [2.45, 2.75) is 209 Å². The molecule has 0 aromatic heterocycles. The smallest absolute Gasteiger partial charge is 0.547 e. The van der Waals surface area contributed by atoms with Crippen molar-refractivity contribution in [1.29, 1.82) is 0 Å². The molecule has 0 saturated carbocycles. The van der Waals surface area contributed by atoms with Crippen molar-refractivity contribution < 1.29 is 115 Å². The molecule has 13 nitrogen and oxygen atoms in total. The molecule has 58 heavy (non-hydrogen) atoms. The Morgan fingerprint density at radius 1 is 1.02 bits per heavy atom. The summed E-state index contributed by atoms with van der Waals surface area (Å²) in [4.78, 5) is 11.5. The van der Waals surface area contributed by atoms with Gasteiger partial charge in [-0.05, 0) is 95.1 Å². The molecular formula is C44H67KO13. The van der Waals surface area contributed by atoms with Gasteiger partial charge in [-0.15, -0.1) is 0 Å². The number of fused-ring (bicyclic) bond motifs is 1. The third-order valence-electron chi connectivity index (χ3n) is 14.0. The second-order valence-electron chi connectivity index (χ2n) is 18.9. The predicted molar refractivity (Wildman–Crippen MR) is 205 cm³/mol. The Labute approximate surface area is 386 Å². The van der Waals surface area contributed by atoms with Crippen molar-refractivity contribution >= 4 is 5.97 Å². The normalized spacial score (nSPS) is 44.6. The van der Waals surface area contributed by atoms with Crippen molar-refractivity contribution in [2.75, 3.05) is 6.61 Å². The molecule has 0 aromatic carbocycles. The van der Waals surface area contributed by atoms with Gasteiger partial charge in [0.25, 0.3) is 0 Å². The topological polar surface area (TPSA) is 186 Å². The van der Waals surface area contributed by atoms with E-state index < -0.39 is 71.7 Å². The summed E-state index contributed by atoms with van der Waals surface area (Å²) in [5.41, 5.74) is -0.677. The molecule has 0 bridgehead atoms. The van der Waals surface area contributed by atoms with Gasteiger partial charge in [0.1, 0.15) is 30.0 Å². The molecule has 6 saturated heterocycles. The van der Waals surface area contributed by atoms with Gasteiger partial charge in [0.2, 0.25) is 5.79 Å². The first-order valence-electron chi connectivity index (χ1n) is 21.6. The third kappa shape index (κ3) is 10.1. The summed E-state index contributed by atoms with van der Waals surface area (Å²) in [6, 6.07) is 0. The zero-order valence-corrected chi connectivity index (χ0v) is 38.6. The van der Waals surface area contributed by atoms with Gasteiger partial charge in [-0.1, -0.05) is 45.1 Å². The number of carboxylic acid groups (broad SMARTS) is 1. The molecule has 7 aliphatic heterocycles. The molecule has 7 aliphatic rings. The van der Waals surface area contributed by atoms with Crippen LogP contribution in [0.2, 0.25) is 0 Å². The minimum Gasteiger partial charge on any atom is -0.547 e. The quantitative estimate of drug-likeness (QED) is 0.180. The van der Waals surface area contributed by atoms with Crippen LogP contribution in [0, 0.1) is 17.8 Å². The maximum absolute atomic E-state index is 11.5. The van der Waals surface area contributed by atoms with Crippen molar-refractivity contribution in [1.82, 2.24) is 0 Å². The first-order chi connectivity index (χ1) is 26.9. The first-order valence-corrected chi connectivity index (χ1v) is 21.6. The van der Waals surface area contributed by atoms with Crippen LogP contribution in [0.15, 0.2) is 36.0 Å². The Bertz CT molecular complexity index is 1510. The molecule has 17 atom stereocenters. The molecule has 0 radical (unpaired) electrons. The van der Waals surface area contributed by atoms with Gasteiger partial charge in [0.05, 0.1) is 49.2 Å². The summed E-state index contributed by atoms with van der Waals surface area (Å²) < 4.78 is 45.2. The summed E-state index contributed by atoms with van der Waals surface area (Å²) in [7, 11) is 0. The van der Waals surface area contributed by atoms with E-state index in [0.29, 0.717) is 56.4 Å². The van der Waals surface area contributed by atoms with E-state index in [0.717, 1.165) is 50.7 Å². The third-order valence-corrected chi connectivity index (χ3v) is 14.0. The number of aliphatic hydroxyl groups is 4. The van der Waals surface area contributed by atoms with Gasteiger partial charge in [-0.3, -0.25) is 0 Å². The van der Waals surface area contributed by atoms with Crippen LogP contribution in [-0.2, 0) is 38.0 Å². The van der Waals surface area contributed by atoms with Gasteiger partial charge < -0.3 is 63.5 Å². The minimum absolute atomic E-state index is 0. The fourth-order valence-corrected chi connectivity index (χ4v) is 10.5. The van der Waals surface area contributed by atoms with E-state index in [-0.39, 0.29) is 88.0 Å². The van der Waals surface area contributed by atoms with Crippen LogP contribution >= 0.6 is 0 Å². The average Bonchev–Trinajstić information content (AvgIpc) is 3.56. The van der Waals surface area contributed by atoms with E-state index in [1.54, 1.807) is 6.08 Å². The zero-order chi connectivity index (χ0) is 40.9. The Balaban J connectivity index is 0.00000567. The van der Waals surface area contributed by atoms with Gasteiger partial charge in [0.15, 0.2) is 11.6 Å². The average molecular weight is 843 g/mol. The minimum atomic E-state index is -2.07. The summed E-state index contributed by atoms with van der Waals surface area (Å²) in [6.07, 6.45) is 9.10. The fourth-order valence-electron chi connectivity index (χ4n) is 10.5. The van der Waals surface area contributed by atoms with Crippen molar-refractivity contribution in [3.05, 3.63) is 36.0 Å². The number of carbonyl (C=O) groups is 1. The molecule has 0 aromatic rings. The molecule has 322 valence electrons. The first kappa shape index (κ1) is 47.4. The molecule has 6 fully saturated rings. The van der Waals surface area contributed by atoms with Gasteiger partial charge in [-0.2, -0.15) is 0 Å². The van der Waals surface area contributed by atoms with E-state index in [1.807, 2.05) is 26.0 Å². The maximum Gasteiger partial charge on any atom is 1.00 e. The second-order valence-corrected chi connectivity index (χ2v) is 18.9. The van der Waals surface area contributed by atoms with E-state index >= 15 is 0 Å². The standard InChI is InChI=1S/C44H68O13.K/c1-25-21-34(55-44(23-25)35(46)12-11-31(54-44)24-41(6,50)40(48)49)26(2)9-10-30-14-18-43(53-30)19-15-33-39(57-43)36(47)29(5)38(52-33)32(45)22-28(4)37-27(3)13-17-42(56-37)16-7-8-20-51-42;/h9-10,23,26-28,30-39,45-47,50H,5,7-8,11-22,24H2,1-4,6H3,(H,48,49);/q;+1/p-1/b10-9+;/t26-,27-,28+,30+,31+,32+,33-,34+,35-,36-,37+,38+,39-,41-,42+,43-,44-;/m1./s1. The molecule has 3 spiro atoms. The molecule has 0 aliphatic carbocycles. The number of rotatable bonds is 10. The van der Waals surface area contributed by atoms with Gasteiger partial charge in [0, 0.05) is 38.0 Å². The van der Waals surface area contributed by atoms with Gasteiger partial charge >= 0.3 is 51.4 Å². The molecule has 0 amide bonds. The van der Waals surface area contributed by atoms with Crippen LogP contribution in [0.1, 0.15) is 125 Å². The van der Waals surface area contributed by atoms with Crippen LogP contribution < -0.4 is 56.5 Å². The number of hydrogen-bond acceptors (Lipinski definition) is 13. The Morgan fingerprint density at radius 2 is 1.76 bits per heavy atom. The number of aliphatic hydroxyl groups excluding tert-OH is 3. The van der Waals surface area contributed by atoms with Gasteiger partial charge in [-0.25, -0.2) is 0 Å². The molecule has 7 rings (SSSR count). The Morgan fingerprint density at radius 3 is 2.48 bits per heavy atom. The Kier molecular flexibility index (Phi) is 15.5. The van der Waals surface area contributed by atoms with Crippen LogP contribution in [0.3, 0.4) is 0 Å². The molecular weight excluding hydrogens is 776 g/mol.